The monoisotopic (exact) mass is 599 g/mol. The fourth-order valence-electron chi connectivity index (χ4n) is 3.74. The summed E-state index contributed by atoms with van der Waals surface area (Å²) >= 11 is 0. The van der Waals surface area contributed by atoms with Gasteiger partial charge in [-0.15, -0.1) is 0 Å². The lowest BCUT2D eigenvalue weighted by Gasteiger charge is -2.19. The zero-order valence-electron chi connectivity index (χ0n) is 23.9. The number of nitrogens with zero attached hydrogens (tertiary/aromatic N) is 5. The number of fused-ring (bicyclic) bond motifs is 1. The predicted octanol–water partition coefficient (Wildman–Crippen LogP) is 2.63. The number of carbonyl (C=O) groups excluding carboxylic acids is 1. The minimum atomic E-state index is -4.25. The molecule has 4 aromatic rings. The number of ether oxygens (including phenoxy) is 3. The van der Waals surface area contributed by atoms with Crippen molar-refractivity contribution in [1.29, 1.82) is 0 Å². The number of hydrogen-bond donors (Lipinski definition) is 3. The number of aromatic nitrogens is 4. The van der Waals surface area contributed by atoms with Crippen molar-refractivity contribution in [3.8, 4) is 17.2 Å². The molecule has 2 heterocycles. The summed E-state index contributed by atoms with van der Waals surface area (Å²) in [6.45, 7) is 1.71. The van der Waals surface area contributed by atoms with Crippen LogP contribution in [-0.4, -0.2) is 85.1 Å². The first-order valence-electron chi connectivity index (χ1n) is 12.9. The number of aliphatic hydroxyl groups excluding tert-OH is 1. The van der Waals surface area contributed by atoms with Crippen LogP contribution in [0.3, 0.4) is 0 Å². The number of methoxy groups -OCH3 is 2. The van der Waals surface area contributed by atoms with Crippen molar-refractivity contribution in [2.45, 2.75) is 31.0 Å². The predicted molar refractivity (Wildman–Crippen MR) is 156 cm³/mol. The normalized spacial score (nSPS) is 12.0. The SMILES string of the molecule is COc1cc(Nc2nc3ccccc3nc2NS(=O)(=O)c2ccn(CC(=O)N(C)C)n2)c(OCCC(C)O)c(OC)c1. The average Bonchev–Trinajstić information content (AvgIpc) is 3.43. The van der Waals surface area contributed by atoms with Gasteiger partial charge in [0, 0.05) is 38.8 Å². The van der Waals surface area contributed by atoms with Crippen LogP contribution in [-0.2, 0) is 21.4 Å². The minimum Gasteiger partial charge on any atom is -0.497 e. The highest BCUT2D eigenvalue weighted by molar-refractivity contribution is 7.92. The molecule has 2 aromatic carbocycles. The van der Waals surface area contributed by atoms with Gasteiger partial charge in [-0.3, -0.25) is 14.2 Å². The van der Waals surface area contributed by atoms with Gasteiger partial charge in [0.2, 0.25) is 5.91 Å². The molecule has 3 N–H and O–H groups in total. The van der Waals surface area contributed by atoms with E-state index >= 15 is 0 Å². The van der Waals surface area contributed by atoms with E-state index in [1.165, 1.54) is 36.1 Å². The Morgan fingerprint density at radius 1 is 1.07 bits per heavy atom. The van der Waals surface area contributed by atoms with Crippen molar-refractivity contribution in [2.24, 2.45) is 0 Å². The molecular formula is C27H33N7O7S. The van der Waals surface area contributed by atoms with Gasteiger partial charge in [0.05, 0.1) is 43.7 Å². The zero-order valence-corrected chi connectivity index (χ0v) is 24.7. The summed E-state index contributed by atoms with van der Waals surface area (Å²) in [5.41, 5.74) is 1.30. The number of benzene rings is 2. The summed E-state index contributed by atoms with van der Waals surface area (Å²) < 4.78 is 47.4. The molecule has 0 fully saturated rings. The fraction of sp³-hybridized carbons (Fsp3) is 0.333. The van der Waals surface area contributed by atoms with Crippen molar-refractivity contribution >= 4 is 44.3 Å². The molecule has 4 rings (SSSR count). The van der Waals surface area contributed by atoms with E-state index in [0.29, 0.717) is 40.4 Å². The van der Waals surface area contributed by atoms with E-state index in [4.69, 9.17) is 14.2 Å². The summed E-state index contributed by atoms with van der Waals surface area (Å²) in [7, 11) is 1.91. The first-order valence-corrected chi connectivity index (χ1v) is 14.4. The molecule has 14 nitrogen and oxygen atoms in total. The molecule has 0 saturated heterocycles. The number of likely N-dealkylation sites (N-methyl/N-ethyl adjacent to an activating group) is 1. The highest BCUT2D eigenvalue weighted by Gasteiger charge is 2.24. The van der Waals surface area contributed by atoms with Crippen molar-refractivity contribution in [2.75, 3.05) is 45.0 Å². The lowest BCUT2D eigenvalue weighted by atomic mass is 10.2. The van der Waals surface area contributed by atoms with Crippen molar-refractivity contribution in [3.05, 3.63) is 48.7 Å². The van der Waals surface area contributed by atoms with Crippen LogP contribution in [0.5, 0.6) is 17.2 Å². The number of para-hydroxylation sites is 2. The maximum absolute atomic E-state index is 13.4. The van der Waals surface area contributed by atoms with Gasteiger partial charge in [0.15, 0.2) is 28.2 Å². The maximum Gasteiger partial charge on any atom is 0.282 e. The Labute approximate surface area is 243 Å². The lowest BCUT2D eigenvalue weighted by Crippen LogP contribution is -2.26. The Kier molecular flexibility index (Phi) is 9.32. The van der Waals surface area contributed by atoms with Crippen LogP contribution in [0, 0.1) is 0 Å². The number of nitrogens with one attached hydrogen (secondary N) is 2. The summed E-state index contributed by atoms with van der Waals surface area (Å²) in [5, 5.41) is 16.6. The molecule has 0 aliphatic heterocycles. The van der Waals surface area contributed by atoms with Crippen LogP contribution in [0.25, 0.3) is 11.0 Å². The second-order valence-corrected chi connectivity index (χ2v) is 11.1. The van der Waals surface area contributed by atoms with Gasteiger partial charge in [-0.2, -0.15) is 13.5 Å². The highest BCUT2D eigenvalue weighted by Crippen LogP contribution is 2.42. The number of rotatable bonds is 13. The molecule has 42 heavy (non-hydrogen) atoms. The van der Waals surface area contributed by atoms with E-state index < -0.39 is 16.1 Å². The topological polar surface area (TPSA) is 170 Å². The van der Waals surface area contributed by atoms with E-state index in [1.54, 1.807) is 57.4 Å². The third-order valence-corrected chi connectivity index (χ3v) is 7.24. The van der Waals surface area contributed by atoms with Crippen LogP contribution in [0.4, 0.5) is 17.3 Å². The smallest absolute Gasteiger partial charge is 0.282 e. The van der Waals surface area contributed by atoms with Gasteiger partial charge in [-0.05, 0) is 25.1 Å². The summed E-state index contributed by atoms with van der Waals surface area (Å²) in [6.07, 6.45) is 1.19. The molecule has 224 valence electrons. The largest absolute Gasteiger partial charge is 0.497 e. The molecule has 0 radical (unpaired) electrons. The molecule has 1 atom stereocenters. The van der Waals surface area contributed by atoms with Crippen LogP contribution in [0.15, 0.2) is 53.7 Å². The van der Waals surface area contributed by atoms with Gasteiger partial charge in [0.1, 0.15) is 12.3 Å². The molecule has 0 saturated carbocycles. The molecule has 1 unspecified atom stereocenters. The Morgan fingerprint density at radius 2 is 1.76 bits per heavy atom. The average molecular weight is 600 g/mol. The number of carbonyl (C=O) groups is 1. The summed E-state index contributed by atoms with van der Waals surface area (Å²) in [6, 6.07) is 11.5. The standard InChI is InChI=1S/C27H33N7O7S/c1-17(35)11-13-41-25-21(14-18(39-4)15-22(25)40-5)30-26-27(29-20-9-7-6-8-19(20)28-26)32-42(37,38)23-10-12-34(31-23)16-24(36)33(2)3/h6-10,12,14-15,17,35H,11,13,16H2,1-5H3,(H,28,30)(H,29,32). The first kappa shape index (κ1) is 30.3. The van der Waals surface area contributed by atoms with Gasteiger partial charge < -0.3 is 29.5 Å². The second-order valence-electron chi connectivity index (χ2n) is 9.47. The highest BCUT2D eigenvalue weighted by atomic mass is 32.2. The Hall–Kier alpha value is -4.63. The van der Waals surface area contributed by atoms with Crippen molar-refractivity contribution in [3.63, 3.8) is 0 Å². The van der Waals surface area contributed by atoms with Gasteiger partial charge in [-0.25, -0.2) is 9.97 Å². The Bertz CT molecular complexity index is 1670. The Morgan fingerprint density at radius 3 is 2.38 bits per heavy atom. The molecule has 0 aliphatic rings. The van der Waals surface area contributed by atoms with Crippen LogP contribution in [0.1, 0.15) is 13.3 Å². The fourth-order valence-corrected chi connectivity index (χ4v) is 4.69. The van der Waals surface area contributed by atoms with Gasteiger partial charge in [0.25, 0.3) is 10.0 Å². The molecule has 1 amide bonds. The van der Waals surface area contributed by atoms with E-state index in [9.17, 15) is 18.3 Å². The summed E-state index contributed by atoms with van der Waals surface area (Å²) in [4.78, 5) is 22.6. The molecule has 0 aliphatic carbocycles. The maximum atomic E-state index is 13.4. The van der Waals surface area contributed by atoms with Gasteiger partial charge in [-0.1, -0.05) is 12.1 Å². The molecule has 0 spiro atoms. The lowest BCUT2D eigenvalue weighted by molar-refractivity contribution is -0.129. The number of aliphatic hydroxyl groups is 1. The van der Waals surface area contributed by atoms with Crippen molar-refractivity contribution in [1.82, 2.24) is 24.6 Å². The Balaban J connectivity index is 1.74. The molecule has 0 bridgehead atoms. The minimum absolute atomic E-state index is 0.0650. The number of hydrogen-bond acceptors (Lipinski definition) is 11. The number of sulfonamides is 1. The van der Waals surface area contributed by atoms with Crippen LogP contribution >= 0.6 is 0 Å². The van der Waals surface area contributed by atoms with E-state index in [2.05, 4.69) is 25.1 Å². The first-order chi connectivity index (χ1) is 20.0. The quantitative estimate of drug-likeness (QED) is 0.206. The van der Waals surface area contributed by atoms with E-state index in [1.807, 2.05) is 0 Å². The molecule has 2 aromatic heterocycles. The van der Waals surface area contributed by atoms with E-state index in [0.717, 1.165) is 0 Å². The van der Waals surface area contributed by atoms with Gasteiger partial charge >= 0.3 is 0 Å². The molecule has 15 heteroatoms. The van der Waals surface area contributed by atoms with E-state index in [-0.39, 0.29) is 35.7 Å². The van der Waals surface area contributed by atoms with Crippen LogP contribution in [0.2, 0.25) is 0 Å². The number of anilines is 3. The third kappa shape index (κ3) is 7.16. The second kappa shape index (κ2) is 12.9. The van der Waals surface area contributed by atoms with Crippen LogP contribution < -0.4 is 24.2 Å². The molecular weight excluding hydrogens is 566 g/mol. The van der Waals surface area contributed by atoms with Crippen molar-refractivity contribution < 1.29 is 32.5 Å². The zero-order chi connectivity index (χ0) is 30.4. The number of amides is 1. The summed E-state index contributed by atoms with van der Waals surface area (Å²) in [5.74, 6) is 0.788. The third-order valence-electron chi connectivity index (χ3n) is 6.01.